The average Bonchev–Trinajstić information content (AvgIpc) is 3.14. The van der Waals surface area contributed by atoms with Gasteiger partial charge in [-0.25, -0.2) is 0 Å². The quantitative estimate of drug-likeness (QED) is 0.816. The Morgan fingerprint density at radius 2 is 1.89 bits per heavy atom. The molecule has 0 saturated carbocycles. The molecule has 150 valence electrons. The van der Waals surface area contributed by atoms with E-state index < -0.39 is 6.36 Å². The summed E-state index contributed by atoms with van der Waals surface area (Å²) in [7, 11) is 0. The highest BCUT2D eigenvalue weighted by Crippen LogP contribution is 2.24. The molecule has 0 spiro atoms. The van der Waals surface area contributed by atoms with Crippen molar-refractivity contribution in [3.05, 3.63) is 29.8 Å². The van der Waals surface area contributed by atoms with Crippen molar-refractivity contribution in [2.24, 2.45) is 5.92 Å². The van der Waals surface area contributed by atoms with Crippen LogP contribution >= 0.6 is 0 Å². The molecule has 0 bridgehead atoms. The van der Waals surface area contributed by atoms with Crippen LogP contribution in [0.3, 0.4) is 0 Å². The normalized spacial score (nSPS) is 22.0. The largest absolute Gasteiger partial charge is 0.573 e. The number of nitrogens with zero attached hydrogens (tertiary/aromatic N) is 1. The highest BCUT2D eigenvalue weighted by molar-refractivity contribution is 5.78. The van der Waals surface area contributed by atoms with Crippen LogP contribution in [0.1, 0.15) is 31.2 Å². The summed E-state index contributed by atoms with van der Waals surface area (Å²) in [6.45, 7) is 3.60. The second kappa shape index (κ2) is 8.93. The highest BCUT2D eigenvalue weighted by Gasteiger charge is 2.31. The van der Waals surface area contributed by atoms with Crippen LogP contribution in [0.2, 0.25) is 0 Å². The third-order valence-corrected chi connectivity index (χ3v) is 5.05. The zero-order valence-electron chi connectivity index (χ0n) is 15.1. The van der Waals surface area contributed by atoms with Crippen molar-refractivity contribution in [3.63, 3.8) is 0 Å². The second-order valence-corrected chi connectivity index (χ2v) is 7.12. The highest BCUT2D eigenvalue weighted by atomic mass is 19.4. The van der Waals surface area contributed by atoms with E-state index in [1.165, 1.54) is 12.1 Å². The number of carbonyl (C=O) groups excluding carboxylic acids is 1. The fourth-order valence-corrected chi connectivity index (χ4v) is 3.57. The van der Waals surface area contributed by atoms with Gasteiger partial charge in [-0.2, -0.15) is 0 Å². The lowest BCUT2D eigenvalue weighted by Crippen LogP contribution is -2.42. The van der Waals surface area contributed by atoms with E-state index in [0.29, 0.717) is 13.1 Å². The van der Waals surface area contributed by atoms with Crippen molar-refractivity contribution in [1.82, 2.24) is 10.2 Å². The molecule has 0 aromatic heterocycles. The molecule has 1 N–H and O–H groups in total. The molecule has 27 heavy (non-hydrogen) atoms. The summed E-state index contributed by atoms with van der Waals surface area (Å²) in [6.07, 6.45) is -0.890. The molecule has 1 aromatic rings. The van der Waals surface area contributed by atoms with E-state index in [1.54, 1.807) is 12.1 Å². The molecule has 5 nitrogen and oxygen atoms in total. The number of nitrogens with one attached hydrogen (secondary N) is 1. The minimum Gasteiger partial charge on any atom is -0.406 e. The number of likely N-dealkylation sites (tertiary alicyclic amines) is 1. The van der Waals surface area contributed by atoms with Gasteiger partial charge in [0.25, 0.3) is 0 Å². The Balaban J connectivity index is 1.39. The third kappa shape index (κ3) is 6.39. The lowest BCUT2D eigenvalue weighted by atomic mass is 9.95. The molecule has 1 atom stereocenters. The lowest BCUT2D eigenvalue weighted by Gasteiger charge is -2.31. The number of benzene rings is 1. The van der Waals surface area contributed by atoms with Crippen molar-refractivity contribution >= 4 is 5.91 Å². The van der Waals surface area contributed by atoms with Gasteiger partial charge in [0.05, 0.1) is 6.10 Å². The SMILES string of the molecule is O=C(NC[C@@H]1CCCO1)C1CCN(Cc2ccc(OC(F)(F)F)cc2)CC1. The van der Waals surface area contributed by atoms with Crippen LogP contribution < -0.4 is 10.1 Å². The summed E-state index contributed by atoms with van der Waals surface area (Å²) in [5.41, 5.74) is 0.922. The molecule has 8 heteroatoms. The number of amides is 1. The molecule has 1 aromatic carbocycles. The average molecular weight is 386 g/mol. The zero-order chi connectivity index (χ0) is 19.3. The number of alkyl halides is 3. The number of hydrogen-bond donors (Lipinski definition) is 1. The van der Waals surface area contributed by atoms with Crippen LogP contribution in [0.25, 0.3) is 0 Å². The van der Waals surface area contributed by atoms with Crippen LogP contribution in [-0.4, -0.2) is 49.5 Å². The number of hydrogen-bond acceptors (Lipinski definition) is 4. The maximum absolute atomic E-state index is 12.3. The van der Waals surface area contributed by atoms with Crippen LogP contribution in [0, 0.1) is 5.92 Å². The first-order valence-corrected chi connectivity index (χ1v) is 9.35. The number of ether oxygens (including phenoxy) is 2. The Kier molecular flexibility index (Phi) is 6.59. The van der Waals surface area contributed by atoms with Crippen LogP contribution in [-0.2, 0) is 16.1 Å². The van der Waals surface area contributed by atoms with E-state index in [9.17, 15) is 18.0 Å². The topological polar surface area (TPSA) is 50.8 Å². The van der Waals surface area contributed by atoms with Crippen molar-refractivity contribution in [2.45, 2.75) is 44.7 Å². The smallest absolute Gasteiger partial charge is 0.406 e. The van der Waals surface area contributed by atoms with Gasteiger partial charge in [-0.05, 0) is 56.5 Å². The van der Waals surface area contributed by atoms with E-state index in [0.717, 1.165) is 50.9 Å². The van der Waals surface area contributed by atoms with Gasteiger partial charge in [0, 0.05) is 25.6 Å². The molecular weight excluding hydrogens is 361 g/mol. The van der Waals surface area contributed by atoms with Gasteiger partial charge >= 0.3 is 6.36 Å². The van der Waals surface area contributed by atoms with Gasteiger partial charge in [-0.3, -0.25) is 9.69 Å². The van der Waals surface area contributed by atoms with E-state index in [2.05, 4.69) is 15.0 Å². The first-order chi connectivity index (χ1) is 12.9. The van der Waals surface area contributed by atoms with Crippen LogP contribution in [0.15, 0.2) is 24.3 Å². The van der Waals surface area contributed by atoms with Crippen molar-refractivity contribution < 1.29 is 27.4 Å². The van der Waals surface area contributed by atoms with Crippen LogP contribution in [0.5, 0.6) is 5.75 Å². The Bertz CT molecular complexity index is 608. The van der Waals surface area contributed by atoms with E-state index in [4.69, 9.17) is 4.74 Å². The maximum Gasteiger partial charge on any atom is 0.573 e. The van der Waals surface area contributed by atoms with Crippen LogP contribution in [0.4, 0.5) is 13.2 Å². The molecule has 2 aliphatic heterocycles. The van der Waals surface area contributed by atoms with Gasteiger partial charge in [0.2, 0.25) is 5.91 Å². The van der Waals surface area contributed by atoms with Gasteiger partial charge in [0.1, 0.15) is 5.75 Å². The molecule has 0 aliphatic carbocycles. The fraction of sp³-hybridized carbons (Fsp3) is 0.632. The fourth-order valence-electron chi connectivity index (χ4n) is 3.57. The Labute approximate surface area is 156 Å². The Morgan fingerprint density at radius 1 is 1.19 bits per heavy atom. The summed E-state index contributed by atoms with van der Waals surface area (Å²) in [5, 5.41) is 3.00. The predicted octanol–water partition coefficient (Wildman–Crippen LogP) is 3.09. The Morgan fingerprint density at radius 3 is 2.48 bits per heavy atom. The van der Waals surface area contributed by atoms with Crippen molar-refractivity contribution in [3.8, 4) is 5.75 Å². The molecule has 2 aliphatic rings. The molecule has 3 rings (SSSR count). The summed E-state index contributed by atoms with van der Waals surface area (Å²) >= 11 is 0. The van der Waals surface area contributed by atoms with E-state index >= 15 is 0 Å². The minimum absolute atomic E-state index is 0.0187. The summed E-state index contributed by atoms with van der Waals surface area (Å²) in [6, 6.07) is 5.94. The molecule has 2 fully saturated rings. The third-order valence-electron chi connectivity index (χ3n) is 5.05. The van der Waals surface area contributed by atoms with Gasteiger partial charge in [0.15, 0.2) is 0 Å². The predicted molar refractivity (Wildman–Crippen MR) is 93.1 cm³/mol. The second-order valence-electron chi connectivity index (χ2n) is 7.12. The molecule has 2 saturated heterocycles. The molecule has 1 amide bonds. The standard InChI is InChI=1S/C19H25F3N2O3/c20-19(21,22)27-16-5-3-14(4-6-16)13-24-9-7-15(8-10-24)18(25)23-12-17-2-1-11-26-17/h3-6,15,17H,1-2,7-13H2,(H,23,25)/t17-/m0/s1. The van der Waals surface area contributed by atoms with Crippen molar-refractivity contribution in [2.75, 3.05) is 26.2 Å². The number of halogens is 3. The first-order valence-electron chi connectivity index (χ1n) is 9.35. The minimum atomic E-state index is -4.67. The lowest BCUT2D eigenvalue weighted by molar-refractivity contribution is -0.274. The molecule has 0 radical (unpaired) electrons. The van der Waals surface area contributed by atoms with E-state index in [-0.39, 0.29) is 23.7 Å². The maximum atomic E-state index is 12.3. The number of rotatable bonds is 6. The number of piperidine rings is 1. The molecule has 0 unspecified atom stereocenters. The first kappa shape index (κ1) is 19.9. The zero-order valence-corrected chi connectivity index (χ0v) is 15.1. The molecular formula is C19H25F3N2O3. The summed E-state index contributed by atoms with van der Waals surface area (Å²) in [4.78, 5) is 14.5. The Hall–Kier alpha value is -1.80. The van der Waals surface area contributed by atoms with Crippen molar-refractivity contribution in [1.29, 1.82) is 0 Å². The number of carbonyl (C=O) groups is 1. The summed E-state index contributed by atoms with van der Waals surface area (Å²) < 4.78 is 46.0. The molecule has 2 heterocycles. The summed E-state index contributed by atoms with van der Waals surface area (Å²) in [5.74, 6) is -0.100. The van der Waals surface area contributed by atoms with E-state index in [1.807, 2.05) is 0 Å². The van der Waals surface area contributed by atoms with Gasteiger partial charge in [-0.15, -0.1) is 13.2 Å². The van der Waals surface area contributed by atoms with Gasteiger partial charge < -0.3 is 14.8 Å². The van der Waals surface area contributed by atoms with Gasteiger partial charge in [-0.1, -0.05) is 12.1 Å². The monoisotopic (exact) mass is 386 g/mol.